The summed E-state index contributed by atoms with van der Waals surface area (Å²) >= 11 is 12.5. The Morgan fingerprint density at radius 3 is 2.80 bits per heavy atom. The number of halogens is 2. The molecule has 0 heterocycles. The maximum atomic E-state index is 6.35. The Kier molecular flexibility index (Phi) is 6.20. The van der Waals surface area contributed by atoms with E-state index in [1.807, 2.05) is 12.1 Å². The van der Waals surface area contributed by atoms with Crippen molar-refractivity contribution in [3.8, 4) is 0 Å². The van der Waals surface area contributed by atoms with E-state index < -0.39 is 0 Å². The van der Waals surface area contributed by atoms with Gasteiger partial charge in [0, 0.05) is 6.04 Å². The fourth-order valence-electron chi connectivity index (χ4n) is 3.31. The first-order valence-corrected chi connectivity index (χ1v) is 8.53. The van der Waals surface area contributed by atoms with Gasteiger partial charge in [-0.25, -0.2) is 0 Å². The predicted molar refractivity (Wildman–Crippen MR) is 88.8 cm³/mol. The molecule has 1 aromatic carbocycles. The van der Waals surface area contributed by atoms with Crippen molar-refractivity contribution in [1.29, 1.82) is 0 Å². The van der Waals surface area contributed by atoms with Gasteiger partial charge in [0.05, 0.1) is 10.0 Å². The Morgan fingerprint density at radius 1 is 1.25 bits per heavy atom. The summed E-state index contributed by atoms with van der Waals surface area (Å²) in [5.74, 6) is 1.49. The summed E-state index contributed by atoms with van der Waals surface area (Å²) in [5.41, 5.74) is 1.20. The lowest BCUT2D eigenvalue weighted by molar-refractivity contribution is 0.212. The second-order valence-electron chi connectivity index (χ2n) is 6.16. The zero-order valence-corrected chi connectivity index (χ0v) is 14.0. The van der Waals surface area contributed by atoms with Crippen molar-refractivity contribution in [2.75, 3.05) is 6.54 Å². The van der Waals surface area contributed by atoms with Crippen LogP contribution in [0, 0.1) is 11.8 Å². The third kappa shape index (κ3) is 4.13. The Hall–Kier alpha value is -0.240. The molecule has 0 spiro atoms. The molecule has 3 atom stereocenters. The van der Waals surface area contributed by atoms with Gasteiger partial charge in [0.2, 0.25) is 0 Å². The minimum Gasteiger partial charge on any atom is -0.314 e. The van der Waals surface area contributed by atoms with Gasteiger partial charge in [-0.05, 0) is 62.1 Å². The highest BCUT2D eigenvalue weighted by atomic mass is 35.5. The fourth-order valence-corrected chi connectivity index (χ4v) is 3.71. The van der Waals surface area contributed by atoms with Gasteiger partial charge in [0.1, 0.15) is 0 Å². The zero-order valence-electron chi connectivity index (χ0n) is 12.5. The third-order valence-electron chi connectivity index (χ3n) is 4.41. The zero-order chi connectivity index (χ0) is 14.5. The highest BCUT2D eigenvalue weighted by molar-refractivity contribution is 6.42. The Balaban J connectivity index is 2.08. The molecule has 1 N–H and O–H groups in total. The van der Waals surface area contributed by atoms with Crippen molar-refractivity contribution in [2.24, 2.45) is 11.8 Å². The summed E-state index contributed by atoms with van der Waals surface area (Å²) in [4.78, 5) is 0. The molecule has 3 heteroatoms. The van der Waals surface area contributed by atoms with Gasteiger partial charge in [0.25, 0.3) is 0 Å². The fraction of sp³-hybridized carbons (Fsp3) is 0.647. The van der Waals surface area contributed by atoms with Crippen LogP contribution in [-0.2, 0) is 6.42 Å². The van der Waals surface area contributed by atoms with E-state index in [-0.39, 0.29) is 0 Å². The van der Waals surface area contributed by atoms with Gasteiger partial charge in [-0.1, -0.05) is 49.2 Å². The molecular formula is C17H25Cl2N. The monoisotopic (exact) mass is 313 g/mol. The van der Waals surface area contributed by atoms with E-state index >= 15 is 0 Å². The van der Waals surface area contributed by atoms with Crippen LogP contribution in [0.25, 0.3) is 0 Å². The molecule has 0 saturated heterocycles. The van der Waals surface area contributed by atoms with E-state index in [1.165, 1.54) is 31.2 Å². The van der Waals surface area contributed by atoms with Crippen molar-refractivity contribution < 1.29 is 0 Å². The lowest BCUT2D eigenvalue weighted by Gasteiger charge is -2.36. The van der Waals surface area contributed by atoms with Crippen LogP contribution >= 0.6 is 23.2 Å². The number of hydrogen-bond donors (Lipinski definition) is 1. The van der Waals surface area contributed by atoms with Gasteiger partial charge in [-0.3, -0.25) is 0 Å². The molecule has 1 nitrogen and oxygen atoms in total. The highest BCUT2D eigenvalue weighted by Crippen LogP contribution is 2.34. The molecule has 3 unspecified atom stereocenters. The number of nitrogens with one attached hydrogen (secondary N) is 1. The molecule has 112 valence electrons. The summed E-state index contributed by atoms with van der Waals surface area (Å²) < 4.78 is 0. The molecule has 0 aliphatic heterocycles. The average Bonchev–Trinajstić information content (AvgIpc) is 2.43. The van der Waals surface area contributed by atoms with Crippen molar-refractivity contribution in [2.45, 2.75) is 52.0 Å². The summed E-state index contributed by atoms with van der Waals surface area (Å²) in [5, 5.41) is 5.13. The minimum absolute atomic E-state index is 0.626. The molecule has 0 bridgehead atoms. The maximum Gasteiger partial charge on any atom is 0.0624 e. The van der Waals surface area contributed by atoms with Crippen LogP contribution in [0.4, 0.5) is 0 Å². The van der Waals surface area contributed by atoms with E-state index in [0.29, 0.717) is 17.0 Å². The lowest BCUT2D eigenvalue weighted by atomic mass is 9.76. The van der Waals surface area contributed by atoms with Crippen molar-refractivity contribution in [3.63, 3.8) is 0 Å². The number of hydrogen-bond acceptors (Lipinski definition) is 1. The van der Waals surface area contributed by atoms with Crippen molar-refractivity contribution in [3.05, 3.63) is 33.8 Å². The highest BCUT2D eigenvalue weighted by Gasteiger charge is 2.28. The molecule has 1 aliphatic carbocycles. The van der Waals surface area contributed by atoms with Crippen molar-refractivity contribution in [1.82, 2.24) is 5.32 Å². The first-order chi connectivity index (χ1) is 9.61. The number of rotatable bonds is 5. The summed E-state index contributed by atoms with van der Waals surface area (Å²) in [6, 6.07) is 6.61. The molecular weight excluding hydrogens is 289 g/mol. The second-order valence-corrected chi connectivity index (χ2v) is 6.94. The molecule has 20 heavy (non-hydrogen) atoms. The van der Waals surface area contributed by atoms with Gasteiger partial charge in [-0.2, -0.15) is 0 Å². The molecule has 0 radical (unpaired) electrons. The van der Waals surface area contributed by atoms with E-state index in [2.05, 4.69) is 25.2 Å². The smallest absolute Gasteiger partial charge is 0.0624 e. The van der Waals surface area contributed by atoms with E-state index in [9.17, 15) is 0 Å². The van der Waals surface area contributed by atoms with E-state index in [0.717, 1.165) is 23.9 Å². The molecule has 0 aromatic heterocycles. The molecule has 0 amide bonds. The predicted octanol–water partition coefficient (Wildman–Crippen LogP) is 5.34. The van der Waals surface area contributed by atoms with E-state index in [1.54, 1.807) is 0 Å². The average molecular weight is 314 g/mol. The molecule has 1 saturated carbocycles. The first kappa shape index (κ1) is 16.1. The van der Waals surface area contributed by atoms with Crippen LogP contribution in [0.15, 0.2) is 18.2 Å². The third-order valence-corrected chi connectivity index (χ3v) is 5.27. The van der Waals surface area contributed by atoms with Gasteiger partial charge in [0.15, 0.2) is 0 Å². The standard InChI is InChI=1S/C17H25Cl2N/c1-3-9-20-16-8-7-12(2)10-14(16)11-13-5-4-6-15(18)17(13)19/h4-6,12,14,16,20H,3,7-11H2,1-2H3. The van der Waals surface area contributed by atoms with Crippen LogP contribution in [-0.4, -0.2) is 12.6 Å². The Morgan fingerprint density at radius 2 is 2.05 bits per heavy atom. The minimum atomic E-state index is 0.626. The van der Waals surface area contributed by atoms with Crippen LogP contribution in [0.2, 0.25) is 10.0 Å². The lowest BCUT2D eigenvalue weighted by Crippen LogP contribution is -2.41. The molecule has 1 aliphatic rings. The summed E-state index contributed by atoms with van der Waals surface area (Å²) in [6.45, 7) is 5.70. The summed E-state index contributed by atoms with van der Waals surface area (Å²) in [6.07, 6.45) is 6.12. The summed E-state index contributed by atoms with van der Waals surface area (Å²) in [7, 11) is 0. The Labute approximate surface area is 133 Å². The second kappa shape index (κ2) is 7.68. The molecule has 2 rings (SSSR count). The van der Waals surface area contributed by atoms with Crippen molar-refractivity contribution >= 4 is 23.2 Å². The maximum absolute atomic E-state index is 6.35. The quantitative estimate of drug-likeness (QED) is 0.773. The molecule has 1 fully saturated rings. The normalized spacial score (nSPS) is 26.7. The van der Waals surface area contributed by atoms with Crippen LogP contribution in [0.1, 0.15) is 45.1 Å². The SMILES string of the molecule is CCCNC1CCC(C)CC1Cc1cccc(Cl)c1Cl. The van der Waals surface area contributed by atoms with Gasteiger partial charge >= 0.3 is 0 Å². The van der Waals surface area contributed by atoms with Gasteiger partial charge in [-0.15, -0.1) is 0 Å². The number of benzene rings is 1. The van der Waals surface area contributed by atoms with E-state index in [4.69, 9.17) is 23.2 Å². The van der Waals surface area contributed by atoms with Gasteiger partial charge < -0.3 is 5.32 Å². The Bertz CT molecular complexity index is 431. The molecule has 1 aromatic rings. The first-order valence-electron chi connectivity index (χ1n) is 7.78. The van der Waals surface area contributed by atoms with Crippen LogP contribution in [0.5, 0.6) is 0 Å². The largest absolute Gasteiger partial charge is 0.314 e. The topological polar surface area (TPSA) is 12.0 Å². The van der Waals surface area contributed by atoms with Crippen LogP contribution < -0.4 is 5.32 Å². The van der Waals surface area contributed by atoms with Crippen LogP contribution in [0.3, 0.4) is 0 Å².